The van der Waals surface area contributed by atoms with Crippen LogP contribution in [0.1, 0.15) is 25.0 Å². The number of aliphatic hydroxyl groups excluding tert-OH is 1. The predicted molar refractivity (Wildman–Crippen MR) is 46.1 cm³/mol. The third kappa shape index (κ3) is 1.71. The van der Waals surface area contributed by atoms with Crippen molar-refractivity contribution in [3.63, 3.8) is 0 Å². The molecule has 2 nitrogen and oxygen atoms in total. The normalized spacial score (nSPS) is 12.9. The summed E-state index contributed by atoms with van der Waals surface area (Å²) in [6.07, 6.45) is 0.282. The Balaban J connectivity index is 2.93. The zero-order chi connectivity index (χ0) is 8.27. The number of aliphatic hydroxyl groups is 1. The molecule has 1 atom stereocenters. The van der Waals surface area contributed by atoms with Crippen LogP contribution in [-0.2, 0) is 0 Å². The van der Waals surface area contributed by atoms with Gasteiger partial charge in [-0.3, -0.25) is 0 Å². The molecular weight excluding hydrogens is 138 g/mol. The van der Waals surface area contributed by atoms with Gasteiger partial charge in [-0.05, 0) is 12.5 Å². The molecule has 1 rings (SSSR count). The van der Waals surface area contributed by atoms with E-state index >= 15 is 0 Å². The Morgan fingerprint density at radius 1 is 1.45 bits per heavy atom. The van der Waals surface area contributed by atoms with E-state index in [1.807, 2.05) is 25.1 Å². The molecule has 0 heterocycles. The summed E-state index contributed by atoms with van der Waals surface area (Å²) < 4.78 is 0. The largest absolute Gasteiger partial charge is 0.398 e. The molecule has 0 spiro atoms. The van der Waals surface area contributed by atoms with Crippen LogP contribution in [-0.4, -0.2) is 5.11 Å². The SMILES string of the molecule is CCC(O)c1ccccc1N. The van der Waals surface area contributed by atoms with Crippen molar-refractivity contribution < 1.29 is 5.11 Å². The first kappa shape index (κ1) is 8.08. The van der Waals surface area contributed by atoms with Crippen molar-refractivity contribution in [2.45, 2.75) is 19.4 Å². The molecule has 3 N–H and O–H groups in total. The molecule has 0 bridgehead atoms. The minimum atomic E-state index is -0.420. The van der Waals surface area contributed by atoms with Gasteiger partial charge in [-0.25, -0.2) is 0 Å². The zero-order valence-corrected chi connectivity index (χ0v) is 6.62. The number of rotatable bonds is 2. The smallest absolute Gasteiger partial charge is 0.0807 e. The molecule has 0 amide bonds. The maximum atomic E-state index is 9.43. The van der Waals surface area contributed by atoms with Crippen LogP contribution in [0.2, 0.25) is 0 Å². The number of benzene rings is 1. The summed E-state index contributed by atoms with van der Waals surface area (Å²) in [7, 11) is 0. The molecule has 0 aliphatic heterocycles. The molecule has 2 heteroatoms. The van der Waals surface area contributed by atoms with Crippen molar-refractivity contribution in [3.8, 4) is 0 Å². The van der Waals surface area contributed by atoms with E-state index < -0.39 is 6.10 Å². The molecule has 11 heavy (non-hydrogen) atoms. The van der Waals surface area contributed by atoms with Gasteiger partial charge >= 0.3 is 0 Å². The summed E-state index contributed by atoms with van der Waals surface area (Å²) in [6.45, 7) is 1.93. The van der Waals surface area contributed by atoms with Gasteiger partial charge in [0.05, 0.1) is 6.10 Å². The monoisotopic (exact) mass is 151 g/mol. The number of anilines is 1. The molecule has 1 unspecified atom stereocenters. The summed E-state index contributed by atoms with van der Waals surface area (Å²) in [6, 6.07) is 7.39. The van der Waals surface area contributed by atoms with Crippen molar-refractivity contribution in [1.82, 2.24) is 0 Å². The second-order valence-corrected chi connectivity index (χ2v) is 2.55. The minimum Gasteiger partial charge on any atom is -0.398 e. The van der Waals surface area contributed by atoms with Crippen molar-refractivity contribution in [2.24, 2.45) is 0 Å². The van der Waals surface area contributed by atoms with Gasteiger partial charge in [0.2, 0.25) is 0 Å². The molecule has 1 aromatic carbocycles. The quantitative estimate of drug-likeness (QED) is 0.632. The second-order valence-electron chi connectivity index (χ2n) is 2.55. The van der Waals surface area contributed by atoms with E-state index in [1.165, 1.54) is 0 Å². The van der Waals surface area contributed by atoms with E-state index in [9.17, 15) is 5.11 Å². The predicted octanol–water partition coefficient (Wildman–Crippen LogP) is 1.71. The fraction of sp³-hybridized carbons (Fsp3) is 0.333. The van der Waals surface area contributed by atoms with Gasteiger partial charge in [0.15, 0.2) is 0 Å². The summed E-state index contributed by atoms with van der Waals surface area (Å²) in [5.74, 6) is 0. The molecule has 0 fully saturated rings. The molecule has 0 radical (unpaired) electrons. The number of para-hydroxylation sites is 1. The van der Waals surface area contributed by atoms with Gasteiger partial charge in [0.25, 0.3) is 0 Å². The first-order chi connectivity index (χ1) is 5.25. The third-order valence-corrected chi connectivity index (χ3v) is 1.74. The number of nitrogens with two attached hydrogens (primary N) is 1. The van der Waals surface area contributed by atoms with Crippen molar-refractivity contribution in [2.75, 3.05) is 5.73 Å². The van der Waals surface area contributed by atoms with Crippen LogP contribution in [0.15, 0.2) is 24.3 Å². The highest BCUT2D eigenvalue weighted by Gasteiger charge is 2.06. The van der Waals surface area contributed by atoms with E-state index in [2.05, 4.69) is 0 Å². The molecule has 0 aliphatic rings. The van der Waals surface area contributed by atoms with Gasteiger partial charge in [-0.2, -0.15) is 0 Å². The van der Waals surface area contributed by atoms with Crippen LogP contribution in [0.3, 0.4) is 0 Å². The Bertz CT molecular complexity index is 235. The fourth-order valence-corrected chi connectivity index (χ4v) is 1.03. The lowest BCUT2D eigenvalue weighted by atomic mass is 10.1. The molecule has 0 saturated carbocycles. The Kier molecular flexibility index (Phi) is 2.49. The number of hydrogen-bond acceptors (Lipinski definition) is 2. The van der Waals surface area contributed by atoms with Crippen LogP contribution < -0.4 is 5.73 Å². The van der Waals surface area contributed by atoms with Crippen LogP contribution >= 0.6 is 0 Å². The Morgan fingerprint density at radius 3 is 2.64 bits per heavy atom. The Morgan fingerprint density at radius 2 is 2.09 bits per heavy atom. The van der Waals surface area contributed by atoms with Crippen molar-refractivity contribution >= 4 is 5.69 Å². The third-order valence-electron chi connectivity index (χ3n) is 1.74. The first-order valence-corrected chi connectivity index (χ1v) is 3.78. The lowest BCUT2D eigenvalue weighted by molar-refractivity contribution is 0.174. The van der Waals surface area contributed by atoms with Gasteiger partial charge in [0.1, 0.15) is 0 Å². The van der Waals surface area contributed by atoms with Crippen LogP contribution in [0.5, 0.6) is 0 Å². The topological polar surface area (TPSA) is 46.2 Å². The van der Waals surface area contributed by atoms with Gasteiger partial charge < -0.3 is 10.8 Å². The van der Waals surface area contributed by atoms with Crippen LogP contribution in [0, 0.1) is 0 Å². The highest BCUT2D eigenvalue weighted by atomic mass is 16.3. The highest BCUT2D eigenvalue weighted by Crippen LogP contribution is 2.21. The molecule has 0 aromatic heterocycles. The fourth-order valence-electron chi connectivity index (χ4n) is 1.03. The summed E-state index contributed by atoms with van der Waals surface area (Å²) >= 11 is 0. The van der Waals surface area contributed by atoms with Gasteiger partial charge in [-0.15, -0.1) is 0 Å². The van der Waals surface area contributed by atoms with E-state index in [4.69, 9.17) is 5.73 Å². The maximum absolute atomic E-state index is 9.43. The van der Waals surface area contributed by atoms with Crippen LogP contribution in [0.4, 0.5) is 5.69 Å². The van der Waals surface area contributed by atoms with Crippen molar-refractivity contribution in [1.29, 1.82) is 0 Å². The maximum Gasteiger partial charge on any atom is 0.0807 e. The van der Waals surface area contributed by atoms with E-state index in [0.717, 1.165) is 5.56 Å². The highest BCUT2D eigenvalue weighted by molar-refractivity contribution is 5.47. The van der Waals surface area contributed by atoms with E-state index in [0.29, 0.717) is 12.1 Å². The molecule has 1 aromatic rings. The van der Waals surface area contributed by atoms with Gasteiger partial charge in [0, 0.05) is 11.3 Å². The molecular formula is C9H13NO. The molecule has 0 aliphatic carbocycles. The standard InChI is InChI=1S/C9H13NO/c1-2-9(11)7-5-3-4-6-8(7)10/h3-6,9,11H,2,10H2,1H3. The minimum absolute atomic E-state index is 0.420. The summed E-state index contributed by atoms with van der Waals surface area (Å²) in [5.41, 5.74) is 7.13. The van der Waals surface area contributed by atoms with Crippen LogP contribution in [0.25, 0.3) is 0 Å². The number of hydrogen-bond donors (Lipinski definition) is 2. The van der Waals surface area contributed by atoms with Crippen molar-refractivity contribution in [3.05, 3.63) is 29.8 Å². The first-order valence-electron chi connectivity index (χ1n) is 3.78. The van der Waals surface area contributed by atoms with E-state index in [1.54, 1.807) is 6.07 Å². The molecule has 60 valence electrons. The average molecular weight is 151 g/mol. The second kappa shape index (κ2) is 3.39. The summed E-state index contributed by atoms with van der Waals surface area (Å²) in [5, 5.41) is 9.43. The average Bonchev–Trinajstić information content (AvgIpc) is 2.04. The molecule has 0 saturated heterocycles. The van der Waals surface area contributed by atoms with Gasteiger partial charge in [-0.1, -0.05) is 25.1 Å². The zero-order valence-electron chi connectivity index (χ0n) is 6.62. The summed E-state index contributed by atoms with van der Waals surface area (Å²) in [4.78, 5) is 0. The van der Waals surface area contributed by atoms with E-state index in [-0.39, 0.29) is 0 Å². The number of nitrogen functional groups attached to an aromatic ring is 1. The Labute approximate surface area is 66.7 Å². The Hall–Kier alpha value is -1.02. The lowest BCUT2D eigenvalue weighted by Crippen LogP contribution is -1.99. The lowest BCUT2D eigenvalue weighted by Gasteiger charge is -2.09.